The molecule has 17 heavy (non-hydrogen) atoms. The second-order valence-corrected chi connectivity index (χ2v) is 4.85. The number of hydrogen-bond donors (Lipinski definition) is 2. The average molecular weight is 236 g/mol. The number of hydrogen-bond acceptors (Lipinski definition) is 4. The third-order valence-corrected chi connectivity index (χ3v) is 3.75. The van der Waals surface area contributed by atoms with E-state index in [4.69, 9.17) is 5.11 Å². The fourth-order valence-corrected chi connectivity index (χ4v) is 2.73. The van der Waals surface area contributed by atoms with Crippen LogP contribution in [0.2, 0.25) is 0 Å². The minimum atomic E-state index is -0.708. The zero-order valence-corrected chi connectivity index (χ0v) is 9.59. The van der Waals surface area contributed by atoms with Gasteiger partial charge in [-0.15, -0.1) is 10.2 Å². The van der Waals surface area contributed by atoms with E-state index in [2.05, 4.69) is 15.5 Å². The van der Waals surface area contributed by atoms with E-state index in [9.17, 15) is 4.79 Å². The Kier molecular flexibility index (Phi) is 2.58. The van der Waals surface area contributed by atoms with Gasteiger partial charge in [0.2, 0.25) is 0 Å². The van der Waals surface area contributed by atoms with Gasteiger partial charge in [0.05, 0.1) is 5.92 Å². The molecule has 0 bridgehead atoms. The molecule has 2 aliphatic rings. The number of nitrogens with one attached hydrogen (secondary N) is 1. The first-order valence-corrected chi connectivity index (χ1v) is 6.11. The van der Waals surface area contributed by atoms with Crippen molar-refractivity contribution in [3.63, 3.8) is 0 Å². The van der Waals surface area contributed by atoms with E-state index < -0.39 is 5.97 Å². The van der Waals surface area contributed by atoms with Crippen molar-refractivity contribution in [2.24, 2.45) is 5.92 Å². The van der Waals surface area contributed by atoms with Crippen LogP contribution < -0.4 is 5.32 Å². The molecule has 6 heteroatoms. The van der Waals surface area contributed by atoms with E-state index in [1.807, 2.05) is 4.57 Å². The Balaban J connectivity index is 1.88. The van der Waals surface area contributed by atoms with E-state index in [1.54, 1.807) is 0 Å². The highest BCUT2D eigenvalue weighted by Gasteiger charge is 2.30. The van der Waals surface area contributed by atoms with Crippen molar-refractivity contribution in [1.82, 2.24) is 20.1 Å². The summed E-state index contributed by atoms with van der Waals surface area (Å²) in [5.74, 6) is 1.32. The predicted molar refractivity (Wildman–Crippen MR) is 59.7 cm³/mol. The van der Waals surface area contributed by atoms with Gasteiger partial charge in [-0.2, -0.15) is 0 Å². The second kappa shape index (κ2) is 4.10. The number of aryl methyl sites for hydroxylation is 1. The lowest BCUT2D eigenvalue weighted by molar-refractivity contribution is -0.142. The molecule has 92 valence electrons. The molecule has 3 heterocycles. The van der Waals surface area contributed by atoms with Crippen molar-refractivity contribution in [2.45, 2.75) is 31.7 Å². The number of aromatic nitrogens is 3. The molecule has 3 rings (SSSR count). The van der Waals surface area contributed by atoms with Gasteiger partial charge in [0.25, 0.3) is 0 Å². The number of carboxylic acids is 1. The molecule has 1 fully saturated rings. The molecule has 1 aromatic rings. The molecular weight excluding hydrogens is 220 g/mol. The first-order valence-electron chi connectivity index (χ1n) is 6.11. The number of rotatable bonds is 2. The summed E-state index contributed by atoms with van der Waals surface area (Å²) in [5.41, 5.74) is 0. The van der Waals surface area contributed by atoms with Crippen LogP contribution in [0.3, 0.4) is 0 Å². The van der Waals surface area contributed by atoms with Crippen LogP contribution in [0.25, 0.3) is 0 Å². The van der Waals surface area contributed by atoms with Crippen molar-refractivity contribution in [3.8, 4) is 0 Å². The Hall–Kier alpha value is -1.43. The fraction of sp³-hybridized carbons (Fsp3) is 0.727. The van der Waals surface area contributed by atoms with E-state index in [0.29, 0.717) is 18.9 Å². The number of carbonyl (C=O) groups is 1. The molecule has 0 radical (unpaired) electrons. The number of nitrogens with zero attached hydrogens (tertiary/aromatic N) is 3. The van der Waals surface area contributed by atoms with E-state index >= 15 is 0 Å². The molecule has 6 nitrogen and oxygen atoms in total. The molecular formula is C11H16N4O2. The van der Waals surface area contributed by atoms with Gasteiger partial charge in [-0.1, -0.05) is 0 Å². The van der Waals surface area contributed by atoms with Crippen molar-refractivity contribution < 1.29 is 9.90 Å². The summed E-state index contributed by atoms with van der Waals surface area (Å²) in [5, 5.41) is 20.8. The molecule has 0 amide bonds. The van der Waals surface area contributed by atoms with E-state index in [1.165, 1.54) is 0 Å². The minimum absolute atomic E-state index is 0.286. The Labute approximate surface area is 99.0 Å². The molecule has 0 aliphatic carbocycles. The first-order chi connectivity index (χ1) is 8.25. The van der Waals surface area contributed by atoms with Gasteiger partial charge in [-0.25, -0.2) is 0 Å². The molecule has 0 saturated carbocycles. The normalized spacial score (nSPS) is 28.0. The lowest BCUT2D eigenvalue weighted by atomic mass is 9.98. The molecule has 2 aliphatic heterocycles. The topological polar surface area (TPSA) is 80.0 Å². The Morgan fingerprint density at radius 2 is 2.29 bits per heavy atom. The summed E-state index contributed by atoms with van der Waals surface area (Å²) in [7, 11) is 0. The summed E-state index contributed by atoms with van der Waals surface area (Å²) >= 11 is 0. The molecule has 2 unspecified atom stereocenters. The van der Waals surface area contributed by atoms with Crippen LogP contribution in [0.1, 0.15) is 30.4 Å². The number of carboxylic acid groups (broad SMARTS) is 1. The summed E-state index contributed by atoms with van der Waals surface area (Å²) < 4.78 is 2.03. The Morgan fingerprint density at radius 3 is 3.00 bits per heavy atom. The molecule has 1 aromatic heterocycles. The van der Waals surface area contributed by atoms with Gasteiger partial charge < -0.3 is 15.0 Å². The van der Waals surface area contributed by atoms with Crippen LogP contribution in [0.15, 0.2) is 0 Å². The smallest absolute Gasteiger partial charge is 0.308 e. The van der Waals surface area contributed by atoms with Crippen LogP contribution in [0.5, 0.6) is 0 Å². The average Bonchev–Trinajstić information content (AvgIpc) is 2.96. The zero-order chi connectivity index (χ0) is 11.8. The molecule has 2 atom stereocenters. The second-order valence-electron chi connectivity index (χ2n) is 4.85. The van der Waals surface area contributed by atoms with Crippen LogP contribution in [-0.2, 0) is 17.8 Å². The van der Waals surface area contributed by atoms with Crippen LogP contribution in [0, 0.1) is 5.92 Å². The molecule has 0 spiro atoms. The standard InChI is InChI=1S/C11H16N4O2/c16-11(17)8-1-2-9-13-14-10(15(9)6-8)7-3-4-12-5-7/h7-8,12H,1-6H2,(H,16,17). The van der Waals surface area contributed by atoms with Gasteiger partial charge >= 0.3 is 5.97 Å². The maximum atomic E-state index is 11.1. The highest BCUT2D eigenvalue weighted by Crippen LogP contribution is 2.26. The first kappa shape index (κ1) is 10.7. The minimum Gasteiger partial charge on any atom is -0.481 e. The van der Waals surface area contributed by atoms with Gasteiger partial charge in [0, 0.05) is 25.4 Å². The van der Waals surface area contributed by atoms with Gasteiger partial charge in [0.15, 0.2) is 0 Å². The summed E-state index contributed by atoms with van der Waals surface area (Å²) in [6, 6.07) is 0. The molecule has 2 N–H and O–H groups in total. The van der Waals surface area contributed by atoms with Gasteiger partial charge in [-0.3, -0.25) is 4.79 Å². The highest BCUT2D eigenvalue weighted by molar-refractivity contribution is 5.70. The third kappa shape index (κ3) is 1.82. The van der Waals surface area contributed by atoms with Crippen molar-refractivity contribution in [2.75, 3.05) is 13.1 Å². The Bertz CT molecular complexity index is 437. The fourth-order valence-electron chi connectivity index (χ4n) is 2.73. The molecule has 1 saturated heterocycles. The van der Waals surface area contributed by atoms with Crippen LogP contribution >= 0.6 is 0 Å². The lowest BCUT2D eigenvalue weighted by Crippen LogP contribution is -2.28. The molecule has 0 aromatic carbocycles. The third-order valence-electron chi connectivity index (χ3n) is 3.75. The monoisotopic (exact) mass is 236 g/mol. The largest absolute Gasteiger partial charge is 0.481 e. The maximum Gasteiger partial charge on any atom is 0.308 e. The van der Waals surface area contributed by atoms with E-state index in [-0.39, 0.29) is 5.92 Å². The quantitative estimate of drug-likeness (QED) is 0.755. The number of fused-ring (bicyclic) bond motifs is 1. The lowest BCUT2D eigenvalue weighted by Gasteiger charge is -2.22. The SMILES string of the molecule is O=C(O)C1CCc2nnc(C3CCNC3)n2C1. The zero-order valence-electron chi connectivity index (χ0n) is 9.59. The number of aliphatic carboxylic acids is 1. The van der Waals surface area contributed by atoms with E-state index in [0.717, 1.165) is 37.6 Å². The summed E-state index contributed by atoms with van der Waals surface area (Å²) in [6.07, 6.45) is 2.47. The predicted octanol–water partition coefficient (Wildman–Crippen LogP) is 0.00200. The van der Waals surface area contributed by atoms with Crippen molar-refractivity contribution >= 4 is 5.97 Å². The van der Waals surface area contributed by atoms with Gasteiger partial charge in [-0.05, 0) is 19.4 Å². The Morgan fingerprint density at radius 1 is 1.41 bits per heavy atom. The van der Waals surface area contributed by atoms with Crippen LogP contribution in [0.4, 0.5) is 0 Å². The van der Waals surface area contributed by atoms with Crippen molar-refractivity contribution in [1.29, 1.82) is 0 Å². The van der Waals surface area contributed by atoms with Gasteiger partial charge in [0.1, 0.15) is 11.6 Å². The maximum absolute atomic E-state index is 11.1. The van der Waals surface area contributed by atoms with Crippen molar-refractivity contribution in [3.05, 3.63) is 11.6 Å². The van der Waals surface area contributed by atoms with Crippen LogP contribution in [-0.4, -0.2) is 38.9 Å². The highest BCUT2D eigenvalue weighted by atomic mass is 16.4. The summed E-state index contributed by atoms with van der Waals surface area (Å²) in [6.45, 7) is 2.47. The summed E-state index contributed by atoms with van der Waals surface area (Å²) in [4.78, 5) is 11.1.